The number of anilines is 3. The van der Waals surface area contributed by atoms with Gasteiger partial charge in [0.15, 0.2) is 0 Å². The van der Waals surface area contributed by atoms with Crippen molar-refractivity contribution in [2.45, 2.75) is 58.4 Å². The fraction of sp³-hybridized carbons (Fsp3) is 0.481. The van der Waals surface area contributed by atoms with Crippen LogP contribution in [0.3, 0.4) is 0 Å². The highest BCUT2D eigenvalue weighted by molar-refractivity contribution is 8.24. The Morgan fingerprint density at radius 1 is 1.05 bits per heavy atom. The number of rotatable bonds is 10. The first-order valence-electron chi connectivity index (χ1n) is 12.6. The smallest absolute Gasteiger partial charge is 0.323 e. The van der Waals surface area contributed by atoms with Crippen LogP contribution in [0.2, 0.25) is 0 Å². The molecule has 2 aromatic rings. The highest BCUT2D eigenvalue weighted by Crippen LogP contribution is 2.46. The minimum absolute atomic E-state index is 0.0534. The highest BCUT2D eigenvalue weighted by atomic mass is 32.3. The van der Waals surface area contributed by atoms with Crippen LogP contribution < -0.4 is 20.3 Å². The lowest BCUT2D eigenvalue weighted by atomic mass is 9.81. The molecule has 0 unspecified atom stereocenters. The lowest BCUT2D eigenvalue weighted by Crippen LogP contribution is -2.41. The van der Waals surface area contributed by atoms with Crippen molar-refractivity contribution >= 4 is 39.7 Å². The zero-order chi connectivity index (χ0) is 27.2. The topological polar surface area (TPSA) is 131 Å². The summed E-state index contributed by atoms with van der Waals surface area (Å²) in [5.41, 5.74) is 2.13. The van der Waals surface area contributed by atoms with Crippen LogP contribution in [0.15, 0.2) is 42.5 Å². The maximum atomic E-state index is 13.0. The van der Waals surface area contributed by atoms with Gasteiger partial charge in [-0.05, 0) is 68.7 Å². The lowest BCUT2D eigenvalue weighted by Gasteiger charge is -2.44. The molecule has 2 amide bonds. The standard InChI is InChI=1S/C27H39N3O6S/c1-5-30(21-13-15-37(34,35)16-14-21)24-12-7-19(27(3,4)18-25(31)32)17-23(24)29-26(33)28-20-8-10-22(11-9-20)36-6-2/h7-12,17,21,34-35H,5-6,13-16,18H2,1-4H3,(H,31,32)(H2,28,29,33). The molecular weight excluding hydrogens is 494 g/mol. The Bertz CT molecular complexity index is 1080. The number of carbonyl (C=O) groups excluding carboxylic acids is 1. The summed E-state index contributed by atoms with van der Waals surface area (Å²) in [6, 6.07) is 12.4. The van der Waals surface area contributed by atoms with E-state index in [1.54, 1.807) is 24.3 Å². The first-order chi connectivity index (χ1) is 17.4. The number of amides is 2. The van der Waals surface area contributed by atoms with E-state index in [0.717, 1.165) is 11.3 Å². The number of benzene rings is 2. The van der Waals surface area contributed by atoms with E-state index in [4.69, 9.17) is 4.74 Å². The molecule has 0 aromatic heterocycles. The van der Waals surface area contributed by atoms with E-state index in [2.05, 4.69) is 15.5 Å². The summed E-state index contributed by atoms with van der Waals surface area (Å²) in [7, 11) is -2.52. The molecule has 0 bridgehead atoms. The van der Waals surface area contributed by atoms with Crippen LogP contribution in [0, 0.1) is 0 Å². The molecule has 1 saturated heterocycles. The Labute approximate surface area is 220 Å². The Morgan fingerprint density at radius 2 is 1.70 bits per heavy atom. The van der Waals surface area contributed by atoms with E-state index in [1.807, 2.05) is 45.9 Å². The van der Waals surface area contributed by atoms with E-state index in [9.17, 15) is 23.8 Å². The fourth-order valence-electron chi connectivity index (χ4n) is 4.71. The zero-order valence-electron chi connectivity index (χ0n) is 22.0. The molecule has 0 radical (unpaired) electrons. The van der Waals surface area contributed by atoms with E-state index in [0.29, 0.717) is 54.6 Å². The Balaban J connectivity index is 1.89. The second-order valence-electron chi connectivity index (χ2n) is 9.95. The summed E-state index contributed by atoms with van der Waals surface area (Å²) in [6.45, 7) is 8.88. The number of carboxylic acid groups (broad SMARTS) is 1. The quantitative estimate of drug-likeness (QED) is 0.245. The van der Waals surface area contributed by atoms with Gasteiger partial charge in [-0.1, -0.05) is 19.9 Å². The van der Waals surface area contributed by atoms with Gasteiger partial charge in [0.05, 0.1) is 24.4 Å². The molecule has 1 aliphatic rings. The number of aliphatic carboxylic acids is 1. The first kappa shape index (κ1) is 28.6. The van der Waals surface area contributed by atoms with Gasteiger partial charge in [0, 0.05) is 35.2 Å². The van der Waals surface area contributed by atoms with Gasteiger partial charge in [0.1, 0.15) is 5.75 Å². The highest BCUT2D eigenvalue weighted by Gasteiger charge is 2.30. The van der Waals surface area contributed by atoms with Gasteiger partial charge in [-0.15, -0.1) is 0 Å². The molecular formula is C27H39N3O6S. The van der Waals surface area contributed by atoms with Gasteiger partial charge in [0.25, 0.3) is 0 Å². The number of nitrogens with zero attached hydrogens (tertiary/aromatic N) is 1. The average Bonchev–Trinajstić information content (AvgIpc) is 2.82. The predicted octanol–water partition coefficient (Wildman–Crippen LogP) is 6.22. The van der Waals surface area contributed by atoms with E-state index >= 15 is 0 Å². The second-order valence-corrected chi connectivity index (χ2v) is 12.4. The van der Waals surface area contributed by atoms with Crippen molar-refractivity contribution in [3.8, 4) is 5.75 Å². The molecule has 0 aliphatic carbocycles. The third-order valence-corrected chi connectivity index (χ3v) is 8.47. The maximum Gasteiger partial charge on any atom is 0.323 e. The average molecular weight is 534 g/mol. The van der Waals surface area contributed by atoms with Crippen LogP contribution in [0.5, 0.6) is 5.75 Å². The minimum atomic E-state index is -2.52. The summed E-state index contributed by atoms with van der Waals surface area (Å²) in [6.07, 6.45) is 1.22. The van der Waals surface area contributed by atoms with Gasteiger partial charge < -0.3 is 25.4 Å². The maximum absolute atomic E-state index is 13.0. The number of carbonyl (C=O) groups is 2. The molecule has 9 nitrogen and oxygen atoms in total. The van der Waals surface area contributed by atoms with Gasteiger partial charge in [-0.3, -0.25) is 13.9 Å². The molecule has 1 fully saturated rings. The molecule has 0 saturated carbocycles. The Morgan fingerprint density at radius 3 is 2.27 bits per heavy atom. The Kier molecular flexibility index (Phi) is 9.33. The van der Waals surface area contributed by atoms with Crippen LogP contribution in [0.25, 0.3) is 0 Å². The van der Waals surface area contributed by atoms with E-state index in [1.165, 1.54) is 0 Å². The molecule has 1 aliphatic heterocycles. The molecule has 37 heavy (non-hydrogen) atoms. The van der Waals surface area contributed by atoms with Gasteiger partial charge in [-0.25, -0.2) is 4.79 Å². The van der Waals surface area contributed by atoms with Crippen molar-refractivity contribution in [3.05, 3.63) is 48.0 Å². The zero-order valence-corrected chi connectivity index (χ0v) is 22.8. The van der Waals surface area contributed by atoms with Crippen molar-refractivity contribution in [2.75, 3.05) is 40.2 Å². The molecule has 1 heterocycles. The van der Waals surface area contributed by atoms with Gasteiger partial charge in [-0.2, -0.15) is 10.6 Å². The monoisotopic (exact) mass is 533 g/mol. The molecule has 2 aromatic carbocycles. The number of carboxylic acids is 1. The van der Waals surface area contributed by atoms with Crippen molar-refractivity contribution in [1.82, 2.24) is 0 Å². The van der Waals surface area contributed by atoms with Crippen LogP contribution in [0.4, 0.5) is 21.9 Å². The van der Waals surface area contributed by atoms with Crippen LogP contribution in [-0.4, -0.2) is 56.9 Å². The molecule has 3 rings (SSSR count). The Hall–Kier alpha value is -2.95. The van der Waals surface area contributed by atoms with E-state index < -0.39 is 28.0 Å². The third-order valence-electron chi connectivity index (χ3n) is 6.69. The van der Waals surface area contributed by atoms with Gasteiger partial charge >= 0.3 is 12.0 Å². The number of hydrogen-bond acceptors (Lipinski definition) is 6. The molecule has 10 heteroatoms. The SMILES string of the molecule is CCOc1ccc(NC(=O)Nc2cc(C(C)(C)CC(=O)O)ccc2N(CC)C2CCS(O)(O)CC2)cc1. The van der Waals surface area contributed by atoms with Crippen molar-refractivity contribution < 1.29 is 28.5 Å². The summed E-state index contributed by atoms with van der Waals surface area (Å²) < 4.78 is 25.6. The number of ether oxygens (including phenoxy) is 1. The van der Waals surface area contributed by atoms with Crippen LogP contribution in [0.1, 0.15) is 52.5 Å². The molecule has 0 atom stereocenters. The van der Waals surface area contributed by atoms with E-state index in [-0.39, 0.29) is 12.5 Å². The summed E-state index contributed by atoms with van der Waals surface area (Å²) in [5, 5.41) is 15.2. The van der Waals surface area contributed by atoms with Crippen molar-refractivity contribution in [1.29, 1.82) is 0 Å². The largest absolute Gasteiger partial charge is 0.494 e. The predicted molar refractivity (Wildman–Crippen MR) is 151 cm³/mol. The fourth-order valence-corrected chi connectivity index (χ4v) is 6.21. The molecule has 0 spiro atoms. The van der Waals surface area contributed by atoms with Crippen LogP contribution in [-0.2, 0) is 10.2 Å². The van der Waals surface area contributed by atoms with Gasteiger partial charge in [0.2, 0.25) is 0 Å². The summed E-state index contributed by atoms with van der Waals surface area (Å²) >= 11 is 0. The summed E-state index contributed by atoms with van der Waals surface area (Å²) in [4.78, 5) is 26.7. The molecule has 204 valence electrons. The van der Waals surface area contributed by atoms with Crippen LogP contribution >= 0.6 is 10.6 Å². The number of urea groups is 1. The minimum Gasteiger partial charge on any atom is -0.494 e. The van der Waals surface area contributed by atoms with Crippen molar-refractivity contribution in [3.63, 3.8) is 0 Å². The normalized spacial score (nSPS) is 16.5. The lowest BCUT2D eigenvalue weighted by molar-refractivity contribution is -0.138. The number of nitrogens with one attached hydrogen (secondary N) is 2. The molecule has 5 N–H and O–H groups in total. The summed E-state index contributed by atoms with van der Waals surface area (Å²) in [5.74, 6) is 0.539. The first-order valence-corrected chi connectivity index (χ1v) is 14.5. The van der Waals surface area contributed by atoms with Crippen molar-refractivity contribution in [2.24, 2.45) is 0 Å². The second kappa shape index (κ2) is 12.1. The number of hydrogen-bond donors (Lipinski definition) is 5. The third kappa shape index (κ3) is 7.77.